The van der Waals surface area contributed by atoms with E-state index in [0.29, 0.717) is 19.3 Å². The largest absolute Gasteiger partial charge is 0.462 e. The quantitative estimate of drug-likeness (QED) is 0.0262. The molecule has 6 heteroatoms. The van der Waals surface area contributed by atoms with E-state index in [1.165, 1.54) is 205 Å². The average molecular weight is 875 g/mol. The molecule has 0 aromatic carbocycles. The average Bonchev–Trinajstić information content (AvgIpc) is 3.27. The van der Waals surface area contributed by atoms with Gasteiger partial charge in [0.1, 0.15) is 13.2 Å². The van der Waals surface area contributed by atoms with Crippen molar-refractivity contribution in [1.29, 1.82) is 0 Å². The van der Waals surface area contributed by atoms with E-state index in [1.807, 2.05) is 0 Å². The molecule has 6 nitrogen and oxygen atoms in total. The third-order valence-electron chi connectivity index (χ3n) is 12.5. The predicted octanol–water partition coefficient (Wildman–Crippen LogP) is 18.2. The summed E-state index contributed by atoms with van der Waals surface area (Å²) in [6, 6.07) is 0. The van der Waals surface area contributed by atoms with Crippen molar-refractivity contribution in [2.75, 3.05) is 13.2 Å². The molecule has 0 aliphatic heterocycles. The van der Waals surface area contributed by atoms with Crippen LogP contribution in [0.3, 0.4) is 0 Å². The van der Waals surface area contributed by atoms with Gasteiger partial charge in [-0.2, -0.15) is 0 Å². The molecule has 0 aromatic rings. The second-order valence-electron chi connectivity index (χ2n) is 18.9. The highest BCUT2D eigenvalue weighted by atomic mass is 16.6. The van der Waals surface area contributed by atoms with E-state index in [1.54, 1.807) is 0 Å². The number of allylic oxidation sites excluding steroid dienone is 2. The van der Waals surface area contributed by atoms with Crippen LogP contribution in [0.15, 0.2) is 12.2 Å². The van der Waals surface area contributed by atoms with Crippen LogP contribution in [0.2, 0.25) is 0 Å². The van der Waals surface area contributed by atoms with Crippen molar-refractivity contribution in [3.8, 4) is 0 Å². The highest BCUT2D eigenvalue weighted by Gasteiger charge is 2.19. The molecule has 0 heterocycles. The first-order valence-electron chi connectivity index (χ1n) is 27.7. The Kier molecular flexibility index (Phi) is 50.2. The Labute approximate surface area is 386 Å². The van der Waals surface area contributed by atoms with E-state index < -0.39 is 6.10 Å². The van der Waals surface area contributed by atoms with Gasteiger partial charge < -0.3 is 14.2 Å². The van der Waals surface area contributed by atoms with Crippen LogP contribution in [0.4, 0.5) is 0 Å². The van der Waals surface area contributed by atoms with Gasteiger partial charge in [0.15, 0.2) is 6.10 Å². The number of carbonyl (C=O) groups is 3. The van der Waals surface area contributed by atoms with Gasteiger partial charge in [-0.3, -0.25) is 14.4 Å². The van der Waals surface area contributed by atoms with Crippen LogP contribution in [0.5, 0.6) is 0 Å². The molecule has 0 saturated carbocycles. The Balaban J connectivity index is 4.32. The van der Waals surface area contributed by atoms with Crippen LogP contribution in [0.1, 0.15) is 310 Å². The summed E-state index contributed by atoms with van der Waals surface area (Å²) in [5.74, 6) is -0.854. The Morgan fingerprint density at radius 1 is 0.306 bits per heavy atom. The van der Waals surface area contributed by atoms with Crippen molar-refractivity contribution in [3.05, 3.63) is 12.2 Å². The van der Waals surface area contributed by atoms with E-state index >= 15 is 0 Å². The summed E-state index contributed by atoms with van der Waals surface area (Å²) in [5.41, 5.74) is 0. The first kappa shape index (κ1) is 60.2. The van der Waals surface area contributed by atoms with E-state index in [4.69, 9.17) is 14.2 Å². The van der Waals surface area contributed by atoms with E-state index in [2.05, 4.69) is 32.9 Å². The lowest BCUT2D eigenvalue weighted by Crippen LogP contribution is -2.30. The van der Waals surface area contributed by atoms with Crippen LogP contribution in [-0.4, -0.2) is 37.2 Å². The van der Waals surface area contributed by atoms with Gasteiger partial charge in [0.25, 0.3) is 0 Å². The zero-order valence-corrected chi connectivity index (χ0v) is 41.9. The van der Waals surface area contributed by atoms with Gasteiger partial charge in [0.05, 0.1) is 0 Å². The normalized spacial score (nSPS) is 12.0. The van der Waals surface area contributed by atoms with Crippen LogP contribution in [0, 0.1) is 0 Å². The Hall–Kier alpha value is -1.85. The maximum Gasteiger partial charge on any atom is 0.306 e. The molecule has 0 amide bonds. The molecular formula is C56H106O6. The summed E-state index contributed by atoms with van der Waals surface area (Å²) >= 11 is 0. The lowest BCUT2D eigenvalue weighted by atomic mass is 10.0. The Morgan fingerprint density at radius 3 is 0.823 bits per heavy atom. The zero-order chi connectivity index (χ0) is 45.1. The third kappa shape index (κ3) is 49.2. The van der Waals surface area contributed by atoms with Crippen LogP contribution in [-0.2, 0) is 28.6 Å². The van der Waals surface area contributed by atoms with Crippen molar-refractivity contribution >= 4 is 17.9 Å². The van der Waals surface area contributed by atoms with Crippen LogP contribution in [0.25, 0.3) is 0 Å². The van der Waals surface area contributed by atoms with Gasteiger partial charge in [0.2, 0.25) is 0 Å². The monoisotopic (exact) mass is 875 g/mol. The van der Waals surface area contributed by atoms with E-state index in [-0.39, 0.29) is 31.1 Å². The third-order valence-corrected chi connectivity index (χ3v) is 12.5. The molecule has 0 rings (SSSR count). The molecule has 0 aliphatic carbocycles. The SMILES string of the molecule is CCCCCC/C=C\CCCCCCCC(=O)OCC(COC(=O)CCCCCCCCCCCCCCCCCC)OC(=O)CCCCCCCCCCCCCCCCC. The zero-order valence-electron chi connectivity index (χ0n) is 41.9. The molecular weight excluding hydrogens is 769 g/mol. The first-order chi connectivity index (χ1) is 30.5. The van der Waals surface area contributed by atoms with Crippen molar-refractivity contribution in [1.82, 2.24) is 0 Å². The molecule has 0 aliphatic rings. The highest BCUT2D eigenvalue weighted by Crippen LogP contribution is 2.17. The number of ether oxygens (including phenoxy) is 3. The van der Waals surface area contributed by atoms with Crippen LogP contribution < -0.4 is 0 Å². The first-order valence-corrected chi connectivity index (χ1v) is 27.7. The summed E-state index contributed by atoms with van der Waals surface area (Å²) in [7, 11) is 0. The van der Waals surface area contributed by atoms with Gasteiger partial charge >= 0.3 is 17.9 Å². The molecule has 0 spiro atoms. The van der Waals surface area contributed by atoms with Crippen molar-refractivity contribution < 1.29 is 28.6 Å². The smallest absolute Gasteiger partial charge is 0.306 e. The van der Waals surface area contributed by atoms with Crippen LogP contribution >= 0.6 is 0 Å². The minimum absolute atomic E-state index is 0.0667. The summed E-state index contributed by atoms with van der Waals surface area (Å²) in [5, 5.41) is 0. The maximum atomic E-state index is 12.8. The molecule has 1 unspecified atom stereocenters. The molecule has 366 valence electrons. The highest BCUT2D eigenvalue weighted by molar-refractivity contribution is 5.71. The van der Waals surface area contributed by atoms with Gasteiger partial charge in [-0.25, -0.2) is 0 Å². The fourth-order valence-electron chi connectivity index (χ4n) is 8.32. The Morgan fingerprint density at radius 2 is 0.532 bits per heavy atom. The summed E-state index contributed by atoms with van der Waals surface area (Å²) in [6.45, 7) is 6.67. The molecule has 0 aromatic heterocycles. The predicted molar refractivity (Wildman–Crippen MR) is 266 cm³/mol. The van der Waals surface area contributed by atoms with Crippen molar-refractivity contribution in [2.24, 2.45) is 0 Å². The molecule has 62 heavy (non-hydrogen) atoms. The summed E-state index contributed by atoms with van der Waals surface area (Å²) < 4.78 is 16.8. The number of carbonyl (C=O) groups excluding carboxylic acids is 3. The number of esters is 3. The number of unbranched alkanes of at least 4 members (excludes halogenated alkanes) is 38. The fourth-order valence-corrected chi connectivity index (χ4v) is 8.32. The molecule has 1 atom stereocenters. The van der Waals surface area contributed by atoms with Gasteiger partial charge in [-0.1, -0.05) is 258 Å². The van der Waals surface area contributed by atoms with Crippen molar-refractivity contribution in [3.63, 3.8) is 0 Å². The molecule has 0 N–H and O–H groups in total. The molecule has 0 bridgehead atoms. The van der Waals surface area contributed by atoms with Gasteiger partial charge in [-0.15, -0.1) is 0 Å². The lowest BCUT2D eigenvalue weighted by molar-refractivity contribution is -0.167. The van der Waals surface area contributed by atoms with Crippen molar-refractivity contribution in [2.45, 2.75) is 316 Å². The maximum absolute atomic E-state index is 12.8. The number of rotatable bonds is 51. The standard InChI is InChI=1S/C56H106O6/c1-4-7-10-13-16-19-22-25-27-29-31-34-37-40-43-46-49-55(58)61-52-53(51-60-54(57)48-45-42-39-36-33-30-24-21-18-15-12-9-6-3)62-56(59)50-47-44-41-38-35-32-28-26-23-20-17-14-11-8-5-2/h21,24,53H,4-20,22-23,25-52H2,1-3H3/b24-21-. The number of hydrogen-bond acceptors (Lipinski definition) is 6. The molecule has 0 fully saturated rings. The van der Waals surface area contributed by atoms with Gasteiger partial charge in [0, 0.05) is 19.3 Å². The summed E-state index contributed by atoms with van der Waals surface area (Å²) in [4.78, 5) is 38.0. The van der Waals surface area contributed by atoms with Gasteiger partial charge in [-0.05, 0) is 44.9 Å². The Bertz CT molecular complexity index is 962. The molecule has 0 saturated heterocycles. The topological polar surface area (TPSA) is 78.9 Å². The minimum Gasteiger partial charge on any atom is -0.462 e. The molecule has 0 radical (unpaired) electrons. The van der Waals surface area contributed by atoms with E-state index in [9.17, 15) is 14.4 Å². The second kappa shape index (κ2) is 51.8. The van der Waals surface area contributed by atoms with E-state index in [0.717, 1.165) is 64.2 Å². The number of hydrogen-bond donors (Lipinski definition) is 0. The summed E-state index contributed by atoms with van der Waals surface area (Å²) in [6.07, 6.45) is 57.6. The fraction of sp³-hybridized carbons (Fsp3) is 0.911. The second-order valence-corrected chi connectivity index (χ2v) is 18.9. The lowest BCUT2D eigenvalue weighted by Gasteiger charge is -2.18. The minimum atomic E-state index is -0.766.